The number of H-pyrrole nitrogens is 1. The van der Waals surface area contributed by atoms with Crippen LogP contribution in [0.5, 0.6) is 5.75 Å². The van der Waals surface area contributed by atoms with Crippen LogP contribution in [0.1, 0.15) is 19.8 Å². The van der Waals surface area contributed by atoms with Gasteiger partial charge in [-0.05, 0) is 31.5 Å². The molecule has 8 nitrogen and oxygen atoms in total. The SMILES string of the molecule is CCN(CCCO)CCCOc1ccc2c(Nc3cn[nH]c3)ncnc2c1. The molecule has 0 spiro atoms. The maximum Gasteiger partial charge on any atom is 0.141 e. The number of aliphatic hydroxyl groups excluding tert-OH is 1. The van der Waals surface area contributed by atoms with Gasteiger partial charge in [0.15, 0.2) is 0 Å². The zero-order chi connectivity index (χ0) is 18.9. The Bertz CT molecular complexity index is 824. The Morgan fingerprint density at radius 2 is 2.11 bits per heavy atom. The molecule has 3 rings (SSSR count). The number of benzene rings is 1. The van der Waals surface area contributed by atoms with Gasteiger partial charge in [-0.25, -0.2) is 9.97 Å². The smallest absolute Gasteiger partial charge is 0.141 e. The minimum atomic E-state index is 0.239. The first kappa shape index (κ1) is 19.1. The van der Waals surface area contributed by atoms with Crippen molar-refractivity contribution in [3.8, 4) is 5.75 Å². The maximum absolute atomic E-state index is 8.94. The Labute approximate surface area is 158 Å². The van der Waals surface area contributed by atoms with Gasteiger partial charge in [-0.2, -0.15) is 5.10 Å². The summed E-state index contributed by atoms with van der Waals surface area (Å²) in [5.41, 5.74) is 1.67. The molecular weight excluding hydrogens is 344 g/mol. The van der Waals surface area contributed by atoms with Gasteiger partial charge < -0.3 is 20.1 Å². The molecule has 0 saturated heterocycles. The van der Waals surface area contributed by atoms with Crippen LogP contribution >= 0.6 is 0 Å². The lowest BCUT2D eigenvalue weighted by atomic mass is 10.2. The van der Waals surface area contributed by atoms with E-state index >= 15 is 0 Å². The van der Waals surface area contributed by atoms with E-state index in [2.05, 4.69) is 37.3 Å². The van der Waals surface area contributed by atoms with Crippen molar-refractivity contribution in [1.82, 2.24) is 25.1 Å². The number of hydrogen-bond acceptors (Lipinski definition) is 7. The van der Waals surface area contributed by atoms with Crippen molar-refractivity contribution in [2.24, 2.45) is 0 Å². The van der Waals surface area contributed by atoms with Gasteiger partial charge in [-0.1, -0.05) is 6.92 Å². The number of nitrogens with one attached hydrogen (secondary N) is 2. The first-order valence-electron chi connectivity index (χ1n) is 9.26. The second-order valence-electron chi connectivity index (χ2n) is 6.23. The van der Waals surface area contributed by atoms with Crippen molar-refractivity contribution in [2.45, 2.75) is 19.8 Å². The van der Waals surface area contributed by atoms with Crippen LogP contribution in [0.3, 0.4) is 0 Å². The fourth-order valence-corrected chi connectivity index (χ4v) is 2.88. The minimum absolute atomic E-state index is 0.239. The summed E-state index contributed by atoms with van der Waals surface area (Å²) in [7, 11) is 0. The number of aromatic nitrogens is 4. The Kier molecular flexibility index (Phi) is 6.95. The van der Waals surface area contributed by atoms with E-state index < -0.39 is 0 Å². The largest absolute Gasteiger partial charge is 0.493 e. The van der Waals surface area contributed by atoms with E-state index in [-0.39, 0.29) is 6.61 Å². The first-order valence-corrected chi connectivity index (χ1v) is 9.26. The van der Waals surface area contributed by atoms with Crippen LogP contribution in [0, 0.1) is 0 Å². The molecule has 0 atom stereocenters. The molecule has 0 radical (unpaired) electrons. The number of aliphatic hydroxyl groups is 1. The third kappa shape index (κ3) is 5.38. The molecule has 0 aliphatic carbocycles. The fourth-order valence-electron chi connectivity index (χ4n) is 2.88. The number of hydrogen-bond donors (Lipinski definition) is 3. The predicted octanol–water partition coefficient (Wildman–Crippen LogP) is 2.57. The van der Waals surface area contributed by atoms with Gasteiger partial charge in [0.2, 0.25) is 0 Å². The van der Waals surface area contributed by atoms with Crippen molar-refractivity contribution in [3.05, 3.63) is 36.9 Å². The van der Waals surface area contributed by atoms with Crippen LogP contribution < -0.4 is 10.1 Å². The summed E-state index contributed by atoms with van der Waals surface area (Å²) in [4.78, 5) is 11.0. The van der Waals surface area contributed by atoms with E-state index in [0.29, 0.717) is 6.61 Å². The Morgan fingerprint density at radius 3 is 2.89 bits per heavy atom. The summed E-state index contributed by atoms with van der Waals surface area (Å²) < 4.78 is 5.89. The van der Waals surface area contributed by atoms with Crippen LogP contribution in [-0.2, 0) is 0 Å². The third-order valence-electron chi connectivity index (χ3n) is 4.34. The Balaban J connectivity index is 1.57. The Morgan fingerprint density at radius 1 is 1.22 bits per heavy atom. The molecule has 0 aliphatic heterocycles. The molecule has 1 aromatic carbocycles. The van der Waals surface area contributed by atoms with Gasteiger partial charge in [-0.3, -0.25) is 5.10 Å². The van der Waals surface area contributed by atoms with Gasteiger partial charge in [0, 0.05) is 37.3 Å². The molecule has 0 unspecified atom stereocenters. The first-order chi connectivity index (χ1) is 13.3. The molecule has 0 fully saturated rings. The summed E-state index contributed by atoms with van der Waals surface area (Å²) in [5.74, 6) is 1.53. The van der Waals surface area contributed by atoms with Crippen LogP contribution in [0.15, 0.2) is 36.9 Å². The van der Waals surface area contributed by atoms with E-state index in [1.807, 2.05) is 18.2 Å². The monoisotopic (exact) mass is 370 g/mol. The van der Waals surface area contributed by atoms with Crippen molar-refractivity contribution >= 4 is 22.4 Å². The van der Waals surface area contributed by atoms with Gasteiger partial charge in [0.05, 0.1) is 24.0 Å². The highest BCUT2D eigenvalue weighted by molar-refractivity contribution is 5.91. The van der Waals surface area contributed by atoms with Gasteiger partial charge >= 0.3 is 0 Å². The average molecular weight is 370 g/mol. The zero-order valence-corrected chi connectivity index (χ0v) is 15.6. The second-order valence-corrected chi connectivity index (χ2v) is 6.23. The van der Waals surface area contributed by atoms with Crippen molar-refractivity contribution < 1.29 is 9.84 Å². The van der Waals surface area contributed by atoms with Crippen LogP contribution in [0.2, 0.25) is 0 Å². The normalized spacial score (nSPS) is 11.2. The summed E-state index contributed by atoms with van der Waals surface area (Å²) >= 11 is 0. The number of aromatic amines is 1. The lowest BCUT2D eigenvalue weighted by molar-refractivity contribution is 0.213. The van der Waals surface area contributed by atoms with Gasteiger partial charge in [-0.15, -0.1) is 0 Å². The molecule has 27 heavy (non-hydrogen) atoms. The summed E-state index contributed by atoms with van der Waals surface area (Å²) in [6.45, 7) is 5.89. The quantitative estimate of drug-likeness (QED) is 0.446. The van der Waals surface area contributed by atoms with E-state index in [1.54, 1.807) is 12.4 Å². The molecule has 0 bridgehead atoms. The number of ether oxygens (including phenoxy) is 1. The molecule has 0 amide bonds. The fraction of sp³-hybridized carbons (Fsp3) is 0.421. The lowest BCUT2D eigenvalue weighted by Gasteiger charge is -2.19. The highest BCUT2D eigenvalue weighted by atomic mass is 16.5. The standard InChI is InChI=1S/C19H26N6O2/c1-2-25(7-3-9-26)8-4-10-27-16-5-6-17-18(11-16)20-14-21-19(17)24-15-12-22-23-13-15/h5-6,11-14,26H,2-4,7-10H2,1H3,(H,22,23)(H,20,21,24). The molecule has 2 heterocycles. The van der Waals surface area contributed by atoms with Gasteiger partial charge in [0.1, 0.15) is 17.9 Å². The van der Waals surface area contributed by atoms with E-state index in [9.17, 15) is 0 Å². The zero-order valence-electron chi connectivity index (χ0n) is 15.6. The third-order valence-corrected chi connectivity index (χ3v) is 4.34. The maximum atomic E-state index is 8.94. The lowest BCUT2D eigenvalue weighted by Crippen LogP contribution is -2.27. The topological polar surface area (TPSA) is 99.2 Å². The molecule has 8 heteroatoms. The number of anilines is 2. The molecule has 3 N–H and O–H groups in total. The number of nitrogens with zero attached hydrogens (tertiary/aromatic N) is 4. The number of rotatable bonds is 11. The van der Waals surface area contributed by atoms with Crippen molar-refractivity contribution in [2.75, 3.05) is 38.2 Å². The average Bonchev–Trinajstić information content (AvgIpc) is 3.20. The molecule has 2 aromatic heterocycles. The van der Waals surface area contributed by atoms with E-state index in [1.165, 1.54) is 6.33 Å². The van der Waals surface area contributed by atoms with E-state index in [4.69, 9.17) is 9.84 Å². The minimum Gasteiger partial charge on any atom is -0.493 e. The summed E-state index contributed by atoms with van der Waals surface area (Å²) in [5, 5.41) is 19.8. The van der Waals surface area contributed by atoms with Crippen LogP contribution in [-0.4, -0.2) is 63.0 Å². The molecule has 3 aromatic rings. The van der Waals surface area contributed by atoms with E-state index in [0.717, 1.165) is 60.6 Å². The Hall–Kier alpha value is -2.71. The van der Waals surface area contributed by atoms with Crippen LogP contribution in [0.25, 0.3) is 10.9 Å². The van der Waals surface area contributed by atoms with Crippen molar-refractivity contribution in [3.63, 3.8) is 0 Å². The number of fused-ring (bicyclic) bond motifs is 1. The molecule has 0 saturated carbocycles. The van der Waals surface area contributed by atoms with Gasteiger partial charge in [0.25, 0.3) is 0 Å². The highest BCUT2D eigenvalue weighted by Crippen LogP contribution is 2.25. The predicted molar refractivity (Wildman–Crippen MR) is 105 cm³/mol. The summed E-state index contributed by atoms with van der Waals surface area (Å²) in [6, 6.07) is 5.84. The van der Waals surface area contributed by atoms with Crippen molar-refractivity contribution in [1.29, 1.82) is 0 Å². The summed E-state index contributed by atoms with van der Waals surface area (Å²) in [6.07, 6.45) is 6.76. The second kappa shape index (κ2) is 9.84. The molecular formula is C19H26N6O2. The highest BCUT2D eigenvalue weighted by Gasteiger charge is 2.07. The molecule has 0 aliphatic rings. The van der Waals surface area contributed by atoms with Crippen LogP contribution in [0.4, 0.5) is 11.5 Å². The molecule has 144 valence electrons.